The van der Waals surface area contributed by atoms with Crippen molar-refractivity contribution >= 4 is 11.6 Å². The Bertz CT molecular complexity index is 524. The van der Waals surface area contributed by atoms with Crippen LogP contribution in [-0.4, -0.2) is 9.97 Å². The zero-order valence-corrected chi connectivity index (χ0v) is 8.54. The quantitative estimate of drug-likeness (QED) is 0.711. The summed E-state index contributed by atoms with van der Waals surface area (Å²) < 4.78 is 0. The summed E-state index contributed by atoms with van der Waals surface area (Å²) >= 11 is 0. The number of rotatable bonds is 2. The highest BCUT2D eigenvalue weighted by molar-refractivity contribution is 5.89. The van der Waals surface area contributed by atoms with Gasteiger partial charge in [0.2, 0.25) is 0 Å². The molecule has 0 bridgehead atoms. The maximum Gasteiger partial charge on any atom is 0.0998 e. The van der Waals surface area contributed by atoms with Crippen LogP contribution >= 0.6 is 0 Å². The summed E-state index contributed by atoms with van der Waals surface area (Å²) in [6.45, 7) is 0. The van der Waals surface area contributed by atoms with Crippen molar-refractivity contribution in [2.24, 2.45) is 0 Å². The molecule has 2 rings (SSSR count). The largest absolute Gasteiger partial charge is 0.265 e. The van der Waals surface area contributed by atoms with Crippen molar-refractivity contribution in [2.75, 3.05) is 0 Å². The van der Waals surface area contributed by atoms with Gasteiger partial charge in [-0.25, -0.2) is 0 Å². The van der Waals surface area contributed by atoms with Crippen LogP contribution in [0.1, 0.15) is 11.1 Å². The summed E-state index contributed by atoms with van der Waals surface area (Å²) in [6.07, 6.45) is 8.58. The van der Waals surface area contributed by atoms with E-state index in [2.05, 4.69) is 16.0 Å². The van der Waals surface area contributed by atoms with Gasteiger partial charge in [0.15, 0.2) is 0 Å². The Morgan fingerprint density at radius 1 is 1.00 bits per heavy atom. The molecular weight excluding hydrogens is 198 g/mol. The van der Waals surface area contributed by atoms with Crippen molar-refractivity contribution in [3.05, 3.63) is 60.2 Å². The summed E-state index contributed by atoms with van der Waals surface area (Å²) in [5.74, 6) is 0. The van der Waals surface area contributed by atoms with Crippen molar-refractivity contribution in [3.63, 3.8) is 0 Å². The van der Waals surface area contributed by atoms with Gasteiger partial charge in [-0.05, 0) is 41.5 Å². The predicted octanol–water partition coefficient (Wildman–Crippen LogP) is 2.54. The lowest BCUT2D eigenvalue weighted by Crippen LogP contribution is -1.82. The van der Waals surface area contributed by atoms with E-state index in [0.29, 0.717) is 5.57 Å². The number of aromatic nitrogens is 2. The van der Waals surface area contributed by atoms with Gasteiger partial charge in [0.1, 0.15) is 0 Å². The molecule has 3 nitrogen and oxygen atoms in total. The highest BCUT2D eigenvalue weighted by Crippen LogP contribution is 2.15. The van der Waals surface area contributed by atoms with Crippen LogP contribution in [0.4, 0.5) is 0 Å². The molecule has 0 spiro atoms. The zero-order chi connectivity index (χ0) is 11.2. The molecule has 0 atom stereocenters. The van der Waals surface area contributed by atoms with E-state index >= 15 is 0 Å². The Hall–Kier alpha value is -2.47. The highest BCUT2D eigenvalue weighted by atomic mass is 14.6. The van der Waals surface area contributed by atoms with Crippen molar-refractivity contribution in [3.8, 4) is 6.07 Å². The van der Waals surface area contributed by atoms with E-state index in [-0.39, 0.29) is 0 Å². The average Bonchev–Trinajstić information content (AvgIpc) is 2.38. The first-order valence-corrected chi connectivity index (χ1v) is 4.82. The van der Waals surface area contributed by atoms with Crippen LogP contribution < -0.4 is 0 Å². The second-order valence-electron chi connectivity index (χ2n) is 3.19. The Morgan fingerprint density at radius 2 is 1.56 bits per heavy atom. The van der Waals surface area contributed by atoms with Gasteiger partial charge in [-0.3, -0.25) is 9.97 Å². The molecule has 2 heterocycles. The number of hydrogen-bond acceptors (Lipinski definition) is 3. The van der Waals surface area contributed by atoms with Crippen molar-refractivity contribution in [2.45, 2.75) is 0 Å². The molecule has 0 saturated carbocycles. The van der Waals surface area contributed by atoms with E-state index in [1.807, 2.05) is 30.3 Å². The third-order valence-electron chi connectivity index (χ3n) is 2.13. The van der Waals surface area contributed by atoms with Crippen LogP contribution in [0.15, 0.2) is 49.1 Å². The fourth-order valence-corrected chi connectivity index (χ4v) is 1.34. The van der Waals surface area contributed by atoms with Crippen LogP contribution in [0.25, 0.3) is 11.6 Å². The summed E-state index contributed by atoms with van der Waals surface area (Å²) in [5, 5.41) is 9.09. The van der Waals surface area contributed by atoms with Gasteiger partial charge in [0, 0.05) is 24.8 Å². The van der Waals surface area contributed by atoms with Crippen LogP contribution in [-0.2, 0) is 0 Å². The molecule has 0 unspecified atom stereocenters. The molecule has 0 aliphatic carbocycles. The minimum Gasteiger partial charge on any atom is -0.265 e. The van der Waals surface area contributed by atoms with Crippen molar-refractivity contribution in [1.82, 2.24) is 9.97 Å². The molecule has 2 aromatic rings. The first kappa shape index (κ1) is 10.1. The fourth-order valence-electron chi connectivity index (χ4n) is 1.34. The Labute approximate surface area is 93.7 Å². The molecule has 0 saturated heterocycles. The summed E-state index contributed by atoms with van der Waals surface area (Å²) in [6, 6.07) is 9.53. The summed E-state index contributed by atoms with van der Waals surface area (Å²) in [5.41, 5.74) is 2.45. The Kier molecular flexibility index (Phi) is 3.05. The molecule has 0 aliphatic heterocycles. The SMILES string of the molecule is N#CC(=Cc1ccncc1)c1ccncc1. The molecule has 0 radical (unpaired) electrons. The van der Waals surface area contributed by atoms with Gasteiger partial charge < -0.3 is 0 Å². The molecule has 76 valence electrons. The molecule has 2 aromatic heterocycles. The Morgan fingerprint density at radius 3 is 2.12 bits per heavy atom. The minimum absolute atomic E-state index is 0.619. The van der Waals surface area contributed by atoms with Crippen molar-refractivity contribution < 1.29 is 0 Å². The molecule has 0 amide bonds. The van der Waals surface area contributed by atoms with E-state index < -0.39 is 0 Å². The number of allylic oxidation sites excluding steroid dienone is 1. The number of hydrogen-bond donors (Lipinski definition) is 0. The van der Waals surface area contributed by atoms with Crippen LogP contribution in [0.5, 0.6) is 0 Å². The summed E-state index contributed by atoms with van der Waals surface area (Å²) in [7, 11) is 0. The monoisotopic (exact) mass is 207 g/mol. The molecule has 16 heavy (non-hydrogen) atoms. The molecule has 3 heteroatoms. The smallest absolute Gasteiger partial charge is 0.0998 e. The first-order chi connectivity index (χ1) is 7.90. The van der Waals surface area contributed by atoms with E-state index in [4.69, 9.17) is 5.26 Å². The van der Waals surface area contributed by atoms with E-state index in [9.17, 15) is 0 Å². The molecule has 0 aliphatic rings. The maximum atomic E-state index is 9.09. The molecular formula is C13H9N3. The fraction of sp³-hybridized carbons (Fsp3) is 0. The van der Waals surface area contributed by atoms with Gasteiger partial charge in [0.25, 0.3) is 0 Å². The topological polar surface area (TPSA) is 49.6 Å². The lowest BCUT2D eigenvalue weighted by atomic mass is 10.1. The number of nitriles is 1. The van der Waals surface area contributed by atoms with Crippen LogP contribution in [0.3, 0.4) is 0 Å². The normalized spacial score (nSPS) is 10.8. The third kappa shape index (κ3) is 2.31. The average molecular weight is 207 g/mol. The van der Waals surface area contributed by atoms with Crippen molar-refractivity contribution in [1.29, 1.82) is 5.26 Å². The second-order valence-corrected chi connectivity index (χ2v) is 3.19. The zero-order valence-electron chi connectivity index (χ0n) is 8.54. The van der Waals surface area contributed by atoms with Crippen LogP contribution in [0, 0.1) is 11.3 Å². The predicted molar refractivity (Wildman–Crippen MR) is 62.0 cm³/mol. The Balaban J connectivity index is 2.39. The van der Waals surface area contributed by atoms with Crippen LogP contribution in [0.2, 0.25) is 0 Å². The van der Waals surface area contributed by atoms with Gasteiger partial charge in [-0.1, -0.05) is 0 Å². The first-order valence-electron chi connectivity index (χ1n) is 4.82. The van der Waals surface area contributed by atoms with E-state index in [1.165, 1.54) is 0 Å². The lowest BCUT2D eigenvalue weighted by Gasteiger charge is -1.98. The maximum absolute atomic E-state index is 9.09. The second kappa shape index (κ2) is 4.85. The highest BCUT2D eigenvalue weighted by Gasteiger charge is 1.99. The molecule has 0 aromatic carbocycles. The lowest BCUT2D eigenvalue weighted by molar-refractivity contribution is 1.31. The van der Waals surface area contributed by atoms with E-state index in [1.54, 1.807) is 24.8 Å². The van der Waals surface area contributed by atoms with Gasteiger partial charge in [-0.2, -0.15) is 5.26 Å². The minimum atomic E-state index is 0.619. The number of nitrogens with zero attached hydrogens (tertiary/aromatic N) is 3. The standard InChI is InChI=1S/C13H9N3/c14-10-13(12-3-7-16-8-4-12)9-11-1-5-15-6-2-11/h1-9H. The third-order valence-corrected chi connectivity index (χ3v) is 2.13. The molecule has 0 N–H and O–H groups in total. The van der Waals surface area contributed by atoms with E-state index in [0.717, 1.165) is 11.1 Å². The molecule has 0 fully saturated rings. The number of pyridine rings is 2. The summed E-state index contributed by atoms with van der Waals surface area (Å²) in [4.78, 5) is 7.85. The van der Waals surface area contributed by atoms with Gasteiger partial charge in [0.05, 0.1) is 11.6 Å². The van der Waals surface area contributed by atoms with Gasteiger partial charge >= 0.3 is 0 Å². The van der Waals surface area contributed by atoms with Gasteiger partial charge in [-0.15, -0.1) is 0 Å².